The summed E-state index contributed by atoms with van der Waals surface area (Å²) in [7, 11) is 1.17. The maximum atomic E-state index is 13.8. The molecular formula is C29H36N6O8. The number of hydrogen-bond donors (Lipinski definition) is 4. The maximum Gasteiger partial charge on any atom is 0.427 e. The van der Waals surface area contributed by atoms with Crippen LogP contribution in [0.1, 0.15) is 86.2 Å². The average Bonchev–Trinajstić information content (AvgIpc) is 3.32. The summed E-state index contributed by atoms with van der Waals surface area (Å²) in [5.41, 5.74) is 10.8. The van der Waals surface area contributed by atoms with Crippen molar-refractivity contribution in [2.75, 3.05) is 35.6 Å². The van der Waals surface area contributed by atoms with Gasteiger partial charge in [-0.25, -0.2) is 24.5 Å². The van der Waals surface area contributed by atoms with Gasteiger partial charge in [0.05, 0.1) is 53.1 Å². The molecule has 0 fully saturated rings. The molecule has 0 aliphatic carbocycles. The third-order valence-corrected chi connectivity index (χ3v) is 6.26. The molecule has 0 saturated carbocycles. The highest BCUT2D eigenvalue weighted by molar-refractivity contribution is 6.15. The number of amides is 3. The SMILES string of the molecule is CCOC(=O)c1c(C(=O)Nn2c(C)c(C(=O)Nc3ccccc3)c(C(=O)OC)c2C)c(N)n(NC(=O)OC(C)(C)C)c1C. The van der Waals surface area contributed by atoms with Crippen LogP contribution in [0.2, 0.25) is 0 Å². The van der Waals surface area contributed by atoms with Crippen molar-refractivity contribution in [2.24, 2.45) is 0 Å². The number of carbonyl (C=O) groups is 5. The lowest BCUT2D eigenvalue weighted by Crippen LogP contribution is -2.33. The molecule has 43 heavy (non-hydrogen) atoms. The van der Waals surface area contributed by atoms with E-state index >= 15 is 0 Å². The highest BCUT2D eigenvalue weighted by Crippen LogP contribution is 2.28. The van der Waals surface area contributed by atoms with E-state index < -0.39 is 35.4 Å². The van der Waals surface area contributed by atoms with Crippen molar-refractivity contribution < 1.29 is 38.2 Å². The molecule has 0 saturated heterocycles. The van der Waals surface area contributed by atoms with Gasteiger partial charge in [-0.3, -0.25) is 19.7 Å². The molecular weight excluding hydrogens is 560 g/mol. The van der Waals surface area contributed by atoms with Crippen LogP contribution >= 0.6 is 0 Å². The number of hydrogen-bond acceptors (Lipinski definition) is 9. The fourth-order valence-corrected chi connectivity index (χ4v) is 4.44. The van der Waals surface area contributed by atoms with Crippen molar-refractivity contribution in [3.05, 3.63) is 69.7 Å². The van der Waals surface area contributed by atoms with Crippen molar-refractivity contribution in [2.45, 2.75) is 54.1 Å². The zero-order valence-electron chi connectivity index (χ0n) is 25.3. The Morgan fingerprint density at radius 1 is 0.791 bits per heavy atom. The Labute approximate surface area is 248 Å². The topological polar surface area (TPSA) is 185 Å². The lowest BCUT2D eigenvalue weighted by Gasteiger charge is -2.20. The Hall–Kier alpha value is -5.27. The third kappa shape index (κ3) is 6.80. The first-order valence-electron chi connectivity index (χ1n) is 13.3. The fourth-order valence-electron chi connectivity index (χ4n) is 4.44. The third-order valence-electron chi connectivity index (χ3n) is 6.26. The van der Waals surface area contributed by atoms with Crippen LogP contribution in [0.5, 0.6) is 0 Å². The van der Waals surface area contributed by atoms with Gasteiger partial charge < -0.3 is 25.3 Å². The van der Waals surface area contributed by atoms with Gasteiger partial charge in [0.15, 0.2) is 0 Å². The van der Waals surface area contributed by atoms with Gasteiger partial charge in [0.25, 0.3) is 11.8 Å². The van der Waals surface area contributed by atoms with Crippen molar-refractivity contribution in [3.8, 4) is 0 Å². The number of nitrogens with one attached hydrogen (secondary N) is 3. The van der Waals surface area contributed by atoms with Crippen LogP contribution in [0, 0.1) is 20.8 Å². The minimum absolute atomic E-state index is 0.00209. The van der Waals surface area contributed by atoms with Crippen LogP contribution in [0.4, 0.5) is 16.3 Å². The van der Waals surface area contributed by atoms with Crippen molar-refractivity contribution in [1.82, 2.24) is 9.35 Å². The van der Waals surface area contributed by atoms with Gasteiger partial charge in [-0.05, 0) is 60.6 Å². The zero-order chi connectivity index (χ0) is 32.2. The Kier molecular flexibility index (Phi) is 9.53. The fraction of sp³-hybridized carbons (Fsp3) is 0.345. The molecule has 0 spiro atoms. The van der Waals surface area contributed by atoms with E-state index in [0.717, 1.165) is 4.68 Å². The molecule has 0 bridgehead atoms. The number of rotatable bonds is 8. The van der Waals surface area contributed by atoms with Crippen molar-refractivity contribution in [1.29, 1.82) is 0 Å². The Morgan fingerprint density at radius 2 is 1.35 bits per heavy atom. The minimum atomic E-state index is -0.888. The van der Waals surface area contributed by atoms with Gasteiger partial charge >= 0.3 is 18.0 Å². The monoisotopic (exact) mass is 596 g/mol. The number of methoxy groups -OCH3 is 1. The number of esters is 2. The first-order chi connectivity index (χ1) is 20.1. The van der Waals surface area contributed by atoms with E-state index in [9.17, 15) is 24.0 Å². The van der Waals surface area contributed by atoms with E-state index in [-0.39, 0.29) is 51.8 Å². The van der Waals surface area contributed by atoms with Crippen LogP contribution in [-0.4, -0.2) is 58.5 Å². The number of nitrogens with two attached hydrogens (primary N) is 1. The van der Waals surface area contributed by atoms with E-state index in [1.54, 1.807) is 58.0 Å². The summed E-state index contributed by atoms with van der Waals surface area (Å²) >= 11 is 0. The number of anilines is 2. The van der Waals surface area contributed by atoms with Gasteiger partial charge in [-0.15, -0.1) is 0 Å². The number of aromatic nitrogens is 2. The summed E-state index contributed by atoms with van der Waals surface area (Å²) in [6.45, 7) is 11.1. The molecule has 0 unspecified atom stereocenters. The molecule has 3 aromatic rings. The second kappa shape index (κ2) is 12.7. The molecule has 14 nitrogen and oxygen atoms in total. The standard InChI is InChI=1S/C29H36N6O8/c1-9-42-27(39)21-17(4)35(33-28(40)43-29(5,6)7)23(30)22(21)25(37)32-34-15(2)19(20(16(34)3)26(38)41-8)24(36)31-18-13-11-10-12-14-18/h10-14H,9,30H2,1-8H3,(H,31,36)(H,32,37)(H,33,40). The minimum Gasteiger partial charge on any atom is -0.465 e. The molecule has 230 valence electrons. The number of carbonyl (C=O) groups excluding carboxylic acids is 5. The quantitative estimate of drug-likeness (QED) is 0.221. The second-order valence-corrected chi connectivity index (χ2v) is 10.4. The largest absolute Gasteiger partial charge is 0.465 e. The number of nitrogen functional groups attached to an aromatic ring is 1. The number of ether oxygens (including phenoxy) is 3. The molecule has 2 aromatic heterocycles. The van der Waals surface area contributed by atoms with Crippen molar-refractivity contribution in [3.63, 3.8) is 0 Å². The Bertz CT molecular complexity index is 1580. The normalized spacial score (nSPS) is 11.0. The van der Waals surface area contributed by atoms with Crippen LogP contribution in [0.3, 0.4) is 0 Å². The summed E-state index contributed by atoms with van der Waals surface area (Å²) < 4.78 is 17.6. The Morgan fingerprint density at radius 3 is 1.91 bits per heavy atom. The molecule has 3 rings (SSSR count). The highest BCUT2D eigenvalue weighted by atomic mass is 16.6. The van der Waals surface area contributed by atoms with Gasteiger partial charge in [0, 0.05) is 5.69 Å². The highest BCUT2D eigenvalue weighted by Gasteiger charge is 2.33. The number of para-hydroxylation sites is 1. The van der Waals surface area contributed by atoms with Crippen molar-refractivity contribution >= 4 is 41.4 Å². The molecule has 3 amide bonds. The summed E-state index contributed by atoms with van der Waals surface area (Å²) in [6.07, 6.45) is -0.881. The summed E-state index contributed by atoms with van der Waals surface area (Å²) in [4.78, 5) is 65.4. The van der Waals surface area contributed by atoms with Gasteiger partial charge in [-0.2, -0.15) is 0 Å². The van der Waals surface area contributed by atoms with E-state index in [1.807, 2.05) is 0 Å². The lowest BCUT2D eigenvalue weighted by molar-refractivity contribution is 0.0519. The number of benzene rings is 1. The lowest BCUT2D eigenvalue weighted by atomic mass is 10.1. The molecule has 0 aliphatic rings. The van der Waals surface area contributed by atoms with Gasteiger partial charge in [-0.1, -0.05) is 18.2 Å². The maximum absolute atomic E-state index is 13.8. The first kappa shape index (κ1) is 32.2. The zero-order valence-corrected chi connectivity index (χ0v) is 25.3. The summed E-state index contributed by atoms with van der Waals surface area (Å²) in [6, 6.07) is 8.60. The van der Waals surface area contributed by atoms with E-state index in [1.165, 1.54) is 32.6 Å². The first-order valence-corrected chi connectivity index (χ1v) is 13.3. The van der Waals surface area contributed by atoms with Gasteiger partial charge in [0.1, 0.15) is 11.4 Å². The average molecular weight is 597 g/mol. The molecule has 14 heteroatoms. The Balaban J connectivity index is 2.10. The van der Waals surface area contributed by atoms with E-state index in [0.29, 0.717) is 5.69 Å². The van der Waals surface area contributed by atoms with Crippen LogP contribution in [-0.2, 0) is 14.2 Å². The molecule has 0 radical (unpaired) electrons. The van der Waals surface area contributed by atoms with E-state index in [2.05, 4.69) is 16.2 Å². The van der Waals surface area contributed by atoms with Crippen LogP contribution in [0.15, 0.2) is 30.3 Å². The van der Waals surface area contributed by atoms with Crippen LogP contribution in [0.25, 0.3) is 0 Å². The predicted molar refractivity (Wildman–Crippen MR) is 158 cm³/mol. The molecule has 0 atom stereocenters. The molecule has 1 aromatic carbocycles. The van der Waals surface area contributed by atoms with E-state index in [4.69, 9.17) is 19.9 Å². The molecule has 5 N–H and O–H groups in total. The predicted octanol–water partition coefficient (Wildman–Crippen LogP) is 3.88. The summed E-state index contributed by atoms with van der Waals surface area (Å²) in [5.74, 6) is -3.46. The second-order valence-electron chi connectivity index (χ2n) is 10.4. The van der Waals surface area contributed by atoms with Crippen LogP contribution < -0.4 is 21.9 Å². The summed E-state index contributed by atoms with van der Waals surface area (Å²) in [5, 5.41) is 2.73. The molecule has 2 heterocycles. The number of nitrogens with zero attached hydrogens (tertiary/aromatic N) is 2. The van der Waals surface area contributed by atoms with Gasteiger partial charge in [0.2, 0.25) is 0 Å². The smallest absolute Gasteiger partial charge is 0.427 e. The molecule has 0 aliphatic heterocycles.